The summed E-state index contributed by atoms with van der Waals surface area (Å²) in [6, 6.07) is 0. The Morgan fingerprint density at radius 2 is 1.45 bits per heavy atom. The summed E-state index contributed by atoms with van der Waals surface area (Å²) >= 11 is 0. The quantitative estimate of drug-likeness (QED) is 0.144. The highest BCUT2D eigenvalue weighted by atomic mass is 16.8. The molecular weight excluding hydrogens is 400 g/mol. The maximum absolute atomic E-state index is 10.2. The van der Waals surface area contributed by atoms with Gasteiger partial charge in [0.25, 0.3) is 0 Å². The summed E-state index contributed by atoms with van der Waals surface area (Å²) in [5, 5.41) is 77.9. The lowest BCUT2D eigenvalue weighted by Crippen LogP contribution is -2.62. The van der Waals surface area contributed by atoms with Crippen LogP contribution in [-0.2, 0) is 23.7 Å². The normalized spacial score (nSPS) is 43.0. The van der Waals surface area contributed by atoms with E-state index in [1.165, 1.54) is 0 Å². The van der Waals surface area contributed by atoms with Gasteiger partial charge in [0.05, 0.1) is 39.6 Å². The Morgan fingerprint density at radius 3 is 2.03 bits per heavy atom. The predicted molar refractivity (Wildman–Crippen MR) is 90.3 cm³/mol. The van der Waals surface area contributed by atoms with Crippen molar-refractivity contribution in [1.29, 1.82) is 0 Å². The Balaban J connectivity index is 1.99. The average Bonchev–Trinajstić information content (AvgIpc) is 2.97. The van der Waals surface area contributed by atoms with Gasteiger partial charge < -0.3 is 64.5 Å². The summed E-state index contributed by atoms with van der Waals surface area (Å²) in [6.45, 7) is -1.58. The molecule has 2 aliphatic rings. The van der Waals surface area contributed by atoms with Crippen molar-refractivity contribution in [2.24, 2.45) is 0 Å². The monoisotopic (exact) mass is 430 g/mol. The Kier molecular flexibility index (Phi) is 9.56. The standard InChI is InChI=1S/C16H30O13/c17-1-2-25-3-4-26-6-9-10(20)12(22)13(23)15(27-9)29-16(7-19)14(24)11(21)8(5-18)28-16/h8-15,17-24H,1-7H2/t8-,9-,10-,11-,12+,13-,14+,15-,16+/m1/s1. The largest absolute Gasteiger partial charge is 0.394 e. The van der Waals surface area contributed by atoms with Crippen LogP contribution < -0.4 is 0 Å². The molecule has 0 spiro atoms. The molecule has 2 fully saturated rings. The van der Waals surface area contributed by atoms with Crippen LogP contribution in [0.1, 0.15) is 0 Å². The summed E-state index contributed by atoms with van der Waals surface area (Å²) in [7, 11) is 0. The van der Waals surface area contributed by atoms with Crippen LogP contribution in [-0.4, -0.2) is 142 Å². The van der Waals surface area contributed by atoms with E-state index in [0.29, 0.717) is 0 Å². The predicted octanol–water partition coefficient (Wildman–Crippen LogP) is -5.36. The van der Waals surface area contributed by atoms with Crippen molar-refractivity contribution in [3.05, 3.63) is 0 Å². The molecule has 29 heavy (non-hydrogen) atoms. The van der Waals surface area contributed by atoms with Gasteiger partial charge in [0.2, 0.25) is 5.79 Å². The number of hydrogen-bond acceptors (Lipinski definition) is 13. The van der Waals surface area contributed by atoms with Crippen molar-refractivity contribution in [3.63, 3.8) is 0 Å². The maximum atomic E-state index is 10.2. The van der Waals surface area contributed by atoms with Crippen molar-refractivity contribution in [3.8, 4) is 0 Å². The van der Waals surface area contributed by atoms with Crippen LogP contribution >= 0.6 is 0 Å². The van der Waals surface area contributed by atoms with Crippen molar-refractivity contribution in [2.45, 2.75) is 54.8 Å². The first-order chi connectivity index (χ1) is 13.8. The van der Waals surface area contributed by atoms with Crippen LogP contribution in [0.3, 0.4) is 0 Å². The molecule has 2 saturated heterocycles. The molecule has 8 N–H and O–H groups in total. The summed E-state index contributed by atoms with van der Waals surface area (Å²) < 4.78 is 26.3. The molecule has 0 amide bonds. The second-order valence-electron chi connectivity index (χ2n) is 6.79. The van der Waals surface area contributed by atoms with Crippen molar-refractivity contribution < 1.29 is 64.5 Å². The van der Waals surface area contributed by atoms with E-state index in [0.717, 1.165) is 0 Å². The zero-order valence-electron chi connectivity index (χ0n) is 15.7. The van der Waals surface area contributed by atoms with Crippen molar-refractivity contribution in [1.82, 2.24) is 0 Å². The fraction of sp³-hybridized carbons (Fsp3) is 1.00. The highest BCUT2D eigenvalue weighted by molar-refractivity contribution is 4.98. The topological polar surface area (TPSA) is 208 Å². The molecule has 0 unspecified atom stereocenters. The van der Waals surface area contributed by atoms with Crippen LogP contribution in [0.5, 0.6) is 0 Å². The smallest absolute Gasteiger partial charge is 0.224 e. The van der Waals surface area contributed by atoms with Gasteiger partial charge in [0, 0.05) is 0 Å². The molecule has 0 aromatic rings. The summed E-state index contributed by atoms with van der Waals surface area (Å²) in [5.41, 5.74) is 0. The zero-order chi connectivity index (χ0) is 21.6. The summed E-state index contributed by atoms with van der Waals surface area (Å²) in [6.07, 6.45) is -12.5. The van der Waals surface area contributed by atoms with E-state index in [-0.39, 0.29) is 33.0 Å². The van der Waals surface area contributed by atoms with Gasteiger partial charge in [-0.3, -0.25) is 0 Å². The Morgan fingerprint density at radius 1 is 0.759 bits per heavy atom. The van der Waals surface area contributed by atoms with E-state index < -0.39 is 68.0 Å². The first-order valence-electron chi connectivity index (χ1n) is 9.20. The molecule has 2 aliphatic heterocycles. The highest BCUT2D eigenvalue weighted by Gasteiger charge is 2.58. The van der Waals surface area contributed by atoms with Crippen LogP contribution in [0.4, 0.5) is 0 Å². The van der Waals surface area contributed by atoms with E-state index in [9.17, 15) is 35.7 Å². The minimum Gasteiger partial charge on any atom is -0.394 e. The molecule has 172 valence electrons. The molecule has 2 rings (SSSR count). The molecule has 0 radical (unpaired) electrons. The molecule has 9 atom stereocenters. The van der Waals surface area contributed by atoms with Crippen molar-refractivity contribution in [2.75, 3.05) is 46.2 Å². The van der Waals surface area contributed by atoms with E-state index in [4.69, 9.17) is 28.8 Å². The molecule has 13 nitrogen and oxygen atoms in total. The van der Waals surface area contributed by atoms with Gasteiger partial charge in [-0.05, 0) is 0 Å². The van der Waals surface area contributed by atoms with Gasteiger partial charge in [0.1, 0.15) is 49.3 Å². The second kappa shape index (κ2) is 11.2. The SMILES string of the molecule is OCCOCCOC[C@H]1O[C@H](O[C@]2(CO)O[C@H](CO)[C@@H](O)[C@@H]2O)[C@H](O)[C@@H](O)[C@@H]1O. The van der Waals surface area contributed by atoms with Gasteiger partial charge in [0.15, 0.2) is 6.29 Å². The number of aliphatic hydroxyl groups excluding tert-OH is 8. The van der Waals surface area contributed by atoms with Gasteiger partial charge in [-0.25, -0.2) is 0 Å². The summed E-state index contributed by atoms with van der Waals surface area (Å²) in [4.78, 5) is 0. The molecule has 0 bridgehead atoms. The van der Waals surface area contributed by atoms with Gasteiger partial charge in [-0.15, -0.1) is 0 Å². The average molecular weight is 430 g/mol. The molecule has 2 heterocycles. The lowest BCUT2D eigenvalue weighted by atomic mass is 9.99. The minimum atomic E-state index is -2.23. The Labute approximate surface area is 166 Å². The fourth-order valence-electron chi connectivity index (χ4n) is 3.10. The first kappa shape index (κ1) is 24.7. The number of hydrogen-bond donors (Lipinski definition) is 8. The number of aliphatic hydroxyl groups is 8. The van der Waals surface area contributed by atoms with Crippen molar-refractivity contribution >= 4 is 0 Å². The third kappa shape index (κ3) is 5.59. The minimum absolute atomic E-state index is 0.101. The van der Waals surface area contributed by atoms with Gasteiger partial charge in [-0.2, -0.15) is 0 Å². The van der Waals surface area contributed by atoms with Crippen LogP contribution in [0, 0.1) is 0 Å². The second-order valence-corrected chi connectivity index (χ2v) is 6.79. The fourth-order valence-corrected chi connectivity index (χ4v) is 3.10. The molecule has 0 aromatic carbocycles. The summed E-state index contributed by atoms with van der Waals surface area (Å²) in [5.74, 6) is -2.23. The molecule has 0 aromatic heterocycles. The van der Waals surface area contributed by atoms with E-state index in [2.05, 4.69) is 0 Å². The van der Waals surface area contributed by atoms with E-state index >= 15 is 0 Å². The lowest BCUT2D eigenvalue weighted by molar-refractivity contribution is -0.384. The lowest BCUT2D eigenvalue weighted by Gasteiger charge is -2.43. The zero-order valence-corrected chi connectivity index (χ0v) is 15.7. The first-order valence-corrected chi connectivity index (χ1v) is 9.20. The van der Waals surface area contributed by atoms with E-state index in [1.807, 2.05) is 0 Å². The Hall–Kier alpha value is -0.520. The third-order valence-electron chi connectivity index (χ3n) is 4.78. The van der Waals surface area contributed by atoms with Crippen LogP contribution in [0.2, 0.25) is 0 Å². The van der Waals surface area contributed by atoms with Gasteiger partial charge in [-0.1, -0.05) is 0 Å². The molecule has 0 saturated carbocycles. The van der Waals surface area contributed by atoms with E-state index in [1.54, 1.807) is 0 Å². The molecule has 0 aliphatic carbocycles. The number of rotatable bonds is 11. The highest BCUT2D eigenvalue weighted by Crippen LogP contribution is 2.35. The molecule has 13 heteroatoms. The molecular formula is C16H30O13. The number of ether oxygens (including phenoxy) is 5. The van der Waals surface area contributed by atoms with Crippen LogP contribution in [0.15, 0.2) is 0 Å². The third-order valence-corrected chi connectivity index (χ3v) is 4.78. The maximum Gasteiger partial charge on any atom is 0.224 e. The Bertz CT molecular complexity index is 482. The van der Waals surface area contributed by atoms with Gasteiger partial charge >= 0.3 is 0 Å². The van der Waals surface area contributed by atoms with Crippen LogP contribution in [0.25, 0.3) is 0 Å².